The lowest BCUT2D eigenvalue weighted by atomic mass is 10.1. The van der Waals surface area contributed by atoms with Gasteiger partial charge >= 0.3 is 5.97 Å². The molecule has 0 saturated heterocycles. The Morgan fingerprint density at radius 3 is 2.80 bits per heavy atom. The van der Waals surface area contributed by atoms with Gasteiger partial charge in [0.1, 0.15) is 10.8 Å². The van der Waals surface area contributed by atoms with Gasteiger partial charge in [0, 0.05) is 30.3 Å². The standard InChI is InChI=1S/C18H16ClN3O3/c1-12-15(18(19)22(2)20-12)8-9-17(23)24-11-14-10-16(21-25-14)13-6-4-3-5-7-13/h3-10H,11H2,1-2H3/b9-8-. The Morgan fingerprint density at radius 1 is 1.36 bits per heavy atom. The highest BCUT2D eigenvalue weighted by Gasteiger charge is 2.10. The zero-order valence-corrected chi connectivity index (χ0v) is 14.5. The summed E-state index contributed by atoms with van der Waals surface area (Å²) in [6.45, 7) is 1.82. The molecule has 0 amide bonds. The van der Waals surface area contributed by atoms with E-state index in [4.69, 9.17) is 20.9 Å². The van der Waals surface area contributed by atoms with Crippen LogP contribution >= 0.6 is 11.6 Å². The summed E-state index contributed by atoms with van der Waals surface area (Å²) in [5.41, 5.74) is 3.05. The van der Waals surface area contributed by atoms with Gasteiger partial charge in [-0.15, -0.1) is 0 Å². The molecule has 0 spiro atoms. The van der Waals surface area contributed by atoms with Crippen molar-refractivity contribution in [2.24, 2.45) is 7.05 Å². The molecule has 6 nitrogen and oxygen atoms in total. The molecule has 0 fully saturated rings. The van der Waals surface area contributed by atoms with Crippen LogP contribution in [0, 0.1) is 6.92 Å². The van der Waals surface area contributed by atoms with E-state index in [9.17, 15) is 4.79 Å². The summed E-state index contributed by atoms with van der Waals surface area (Å²) in [5, 5.41) is 8.61. The van der Waals surface area contributed by atoms with Crippen LogP contribution in [0.5, 0.6) is 0 Å². The number of aryl methyl sites for hydroxylation is 2. The number of carbonyl (C=O) groups excluding carboxylic acids is 1. The molecule has 0 N–H and O–H groups in total. The number of hydrogen-bond acceptors (Lipinski definition) is 5. The number of rotatable bonds is 5. The minimum absolute atomic E-state index is 0.00274. The average Bonchev–Trinajstić information content (AvgIpc) is 3.18. The number of esters is 1. The van der Waals surface area contributed by atoms with Gasteiger partial charge in [-0.05, 0) is 13.0 Å². The average molecular weight is 358 g/mol. The number of ether oxygens (including phenoxy) is 1. The van der Waals surface area contributed by atoms with Crippen LogP contribution < -0.4 is 0 Å². The monoisotopic (exact) mass is 357 g/mol. The van der Waals surface area contributed by atoms with E-state index in [0.717, 1.165) is 11.3 Å². The number of nitrogens with zero attached hydrogens (tertiary/aromatic N) is 3. The van der Waals surface area contributed by atoms with Crippen molar-refractivity contribution in [3.63, 3.8) is 0 Å². The summed E-state index contributed by atoms with van der Waals surface area (Å²) < 4.78 is 11.9. The lowest BCUT2D eigenvalue weighted by molar-refractivity contribution is -0.139. The second kappa shape index (κ2) is 7.36. The van der Waals surface area contributed by atoms with Gasteiger partial charge in [0.15, 0.2) is 12.4 Å². The second-order valence-corrected chi connectivity index (χ2v) is 5.76. The van der Waals surface area contributed by atoms with Gasteiger partial charge in [0.25, 0.3) is 0 Å². The Labute approximate surface area is 149 Å². The second-order valence-electron chi connectivity index (χ2n) is 5.40. The van der Waals surface area contributed by atoms with Gasteiger partial charge in [-0.3, -0.25) is 4.68 Å². The van der Waals surface area contributed by atoms with Gasteiger partial charge in [0.05, 0.1) is 5.69 Å². The molecule has 0 unspecified atom stereocenters. The van der Waals surface area contributed by atoms with E-state index in [2.05, 4.69) is 10.3 Å². The van der Waals surface area contributed by atoms with Crippen molar-refractivity contribution in [1.29, 1.82) is 0 Å². The van der Waals surface area contributed by atoms with E-state index in [-0.39, 0.29) is 6.61 Å². The molecule has 1 aromatic carbocycles. The van der Waals surface area contributed by atoms with Crippen LogP contribution in [0.2, 0.25) is 5.15 Å². The highest BCUT2D eigenvalue weighted by atomic mass is 35.5. The van der Waals surface area contributed by atoms with Crippen molar-refractivity contribution in [3.05, 3.63) is 64.6 Å². The summed E-state index contributed by atoms with van der Waals surface area (Å²) in [6, 6.07) is 11.4. The molecule has 2 aromatic heterocycles. The normalized spacial score (nSPS) is 11.2. The fourth-order valence-electron chi connectivity index (χ4n) is 2.30. The molecule has 0 aliphatic heterocycles. The molecule has 0 atom stereocenters. The Balaban J connectivity index is 1.59. The topological polar surface area (TPSA) is 70.2 Å². The molecular formula is C18H16ClN3O3. The van der Waals surface area contributed by atoms with Crippen molar-refractivity contribution in [2.45, 2.75) is 13.5 Å². The Hall–Kier alpha value is -2.86. The first-order valence-electron chi connectivity index (χ1n) is 7.59. The minimum Gasteiger partial charge on any atom is -0.454 e. The molecule has 0 radical (unpaired) electrons. The first kappa shape index (κ1) is 17.0. The van der Waals surface area contributed by atoms with Crippen molar-refractivity contribution >= 4 is 23.6 Å². The third kappa shape index (κ3) is 3.97. The largest absolute Gasteiger partial charge is 0.454 e. The fourth-order valence-corrected chi connectivity index (χ4v) is 2.54. The van der Waals surface area contributed by atoms with E-state index in [1.807, 2.05) is 37.3 Å². The van der Waals surface area contributed by atoms with Crippen LogP contribution in [0.1, 0.15) is 17.0 Å². The maximum Gasteiger partial charge on any atom is 0.331 e. The quantitative estimate of drug-likeness (QED) is 0.513. The fraction of sp³-hybridized carbons (Fsp3) is 0.167. The van der Waals surface area contributed by atoms with Crippen LogP contribution in [-0.2, 0) is 23.2 Å². The van der Waals surface area contributed by atoms with Crippen LogP contribution in [0.3, 0.4) is 0 Å². The third-order valence-electron chi connectivity index (χ3n) is 3.57. The smallest absolute Gasteiger partial charge is 0.331 e. The molecular weight excluding hydrogens is 342 g/mol. The Bertz CT molecular complexity index is 913. The lowest BCUT2D eigenvalue weighted by Gasteiger charge is -1.97. The molecule has 128 valence electrons. The summed E-state index contributed by atoms with van der Waals surface area (Å²) in [7, 11) is 1.74. The number of hydrogen-bond donors (Lipinski definition) is 0. The van der Waals surface area contributed by atoms with Crippen molar-refractivity contribution < 1.29 is 14.1 Å². The van der Waals surface area contributed by atoms with E-state index < -0.39 is 5.97 Å². The van der Waals surface area contributed by atoms with Crippen molar-refractivity contribution in [1.82, 2.24) is 14.9 Å². The van der Waals surface area contributed by atoms with Gasteiger partial charge < -0.3 is 9.26 Å². The van der Waals surface area contributed by atoms with Crippen molar-refractivity contribution in [3.8, 4) is 11.3 Å². The summed E-state index contributed by atoms with van der Waals surface area (Å²) in [5.74, 6) is -0.0341. The molecule has 0 saturated carbocycles. The van der Waals surface area contributed by atoms with Gasteiger partial charge in [-0.2, -0.15) is 5.10 Å². The molecule has 0 aliphatic rings. The predicted molar refractivity (Wildman–Crippen MR) is 93.7 cm³/mol. The highest BCUT2D eigenvalue weighted by Crippen LogP contribution is 2.21. The molecule has 3 aromatic rings. The summed E-state index contributed by atoms with van der Waals surface area (Å²) in [6.07, 6.45) is 2.90. The highest BCUT2D eigenvalue weighted by molar-refractivity contribution is 6.31. The maximum absolute atomic E-state index is 11.9. The van der Waals surface area contributed by atoms with Gasteiger partial charge in [-0.1, -0.05) is 47.1 Å². The zero-order valence-electron chi connectivity index (χ0n) is 13.8. The van der Waals surface area contributed by atoms with Crippen LogP contribution in [0.15, 0.2) is 47.0 Å². The molecule has 25 heavy (non-hydrogen) atoms. The SMILES string of the molecule is Cc1nn(C)c(Cl)c1/C=C\C(=O)OCc1cc(-c2ccccc2)no1. The van der Waals surface area contributed by atoms with Crippen LogP contribution in [-0.4, -0.2) is 20.9 Å². The number of aromatic nitrogens is 3. The number of benzene rings is 1. The minimum atomic E-state index is -0.503. The van der Waals surface area contributed by atoms with E-state index in [1.165, 1.54) is 6.08 Å². The number of halogens is 1. The first-order valence-corrected chi connectivity index (χ1v) is 7.97. The van der Waals surface area contributed by atoms with Crippen molar-refractivity contribution in [2.75, 3.05) is 0 Å². The molecule has 3 rings (SSSR count). The Morgan fingerprint density at radius 2 is 2.12 bits per heavy atom. The molecule has 0 bridgehead atoms. The van der Waals surface area contributed by atoms with Crippen LogP contribution in [0.4, 0.5) is 0 Å². The molecule has 0 aliphatic carbocycles. The third-order valence-corrected chi connectivity index (χ3v) is 4.02. The van der Waals surface area contributed by atoms with Gasteiger partial charge in [-0.25, -0.2) is 4.79 Å². The summed E-state index contributed by atoms with van der Waals surface area (Å²) in [4.78, 5) is 11.9. The lowest BCUT2D eigenvalue weighted by Crippen LogP contribution is -1.99. The van der Waals surface area contributed by atoms with Crippen LogP contribution in [0.25, 0.3) is 17.3 Å². The zero-order chi connectivity index (χ0) is 17.8. The van der Waals surface area contributed by atoms with Gasteiger partial charge in [0.2, 0.25) is 0 Å². The maximum atomic E-state index is 11.9. The molecule has 7 heteroatoms. The van der Waals surface area contributed by atoms with E-state index >= 15 is 0 Å². The Kier molecular flexibility index (Phi) is 5.00. The van der Waals surface area contributed by atoms with E-state index in [0.29, 0.717) is 22.2 Å². The predicted octanol–water partition coefficient (Wildman–Crippen LogP) is 3.79. The summed E-state index contributed by atoms with van der Waals surface area (Å²) >= 11 is 6.11. The first-order chi connectivity index (χ1) is 12.0. The van der Waals surface area contributed by atoms with E-state index in [1.54, 1.807) is 23.9 Å². The molecule has 2 heterocycles. The number of carbonyl (C=O) groups is 1.